The van der Waals surface area contributed by atoms with Crippen LogP contribution in [-0.4, -0.2) is 12.1 Å². The fraction of sp³-hybridized carbons (Fsp3) is 0.273. The predicted octanol–water partition coefficient (Wildman–Crippen LogP) is 3.63. The molecule has 1 atom stereocenters. The summed E-state index contributed by atoms with van der Waals surface area (Å²) in [6.07, 6.45) is -6.27. The number of nitrogens with one attached hydrogen (secondary N) is 1. The molecule has 1 aromatic carbocycles. The highest BCUT2D eigenvalue weighted by Crippen LogP contribution is 2.26. The maximum atomic E-state index is 12.0. The Balaban J connectivity index is 2.82. The number of hydrogen-bond acceptors (Lipinski definition) is 2. The number of halogens is 5. The predicted molar refractivity (Wildman–Crippen MR) is 63.6 cm³/mol. The molecular formula is C11H7Cl2F3N2O. The van der Waals surface area contributed by atoms with Gasteiger partial charge in [0.15, 0.2) is 0 Å². The lowest BCUT2D eigenvalue weighted by Gasteiger charge is -2.13. The highest BCUT2D eigenvalue weighted by atomic mass is 35.5. The number of rotatable bonds is 3. The van der Waals surface area contributed by atoms with Crippen LogP contribution in [0.15, 0.2) is 18.2 Å². The number of nitriles is 1. The number of carbonyl (C=O) groups is 1. The van der Waals surface area contributed by atoms with Crippen LogP contribution in [0.4, 0.5) is 13.2 Å². The average molecular weight is 311 g/mol. The van der Waals surface area contributed by atoms with Crippen LogP contribution in [0.3, 0.4) is 0 Å². The van der Waals surface area contributed by atoms with E-state index in [9.17, 15) is 18.0 Å². The molecule has 0 saturated heterocycles. The second-order valence-corrected chi connectivity index (χ2v) is 4.41. The molecule has 0 fully saturated rings. The summed E-state index contributed by atoms with van der Waals surface area (Å²) in [6.45, 7) is 0. The van der Waals surface area contributed by atoms with Gasteiger partial charge in [-0.25, -0.2) is 0 Å². The van der Waals surface area contributed by atoms with E-state index in [2.05, 4.69) is 0 Å². The van der Waals surface area contributed by atoms with Crippen molar-refractivity contribution in [2.24, 2.45) is 0 Å². The minimum atomic E-state index is -4.62. The van der Waals surface area contributed by atoms with Gasteiger partial charge in [-0.15, -0.1) is 0 Å². The molecule has 8 heteroatoms. The minimum Gasteiger partial charge on any atom is -0.336 e. The first-order valence-corrected chi connectivity index (χ1v) is 5.69. The summed E-state index contributed by atoms with van der Waals surface area (Å²) < 4.78 is 36.0. The average Bonchev–Trinajstić information content (AvgIpc) is 2.27. The first-order chi connectivity index (χ1) is 8.73. The molecule has 1 aromatic rings. The van der Waals surface area contributed by atoms with E-state index in [4.69, 9.17) is 28.5 Å². The van der Waals surface area contributed by atoms with Crippen LogP contribution < -0.4 is 5.32 Å². The summed E-state index contributed by atoms with van der Waals surface area (Å²) in [5.41, 5.74) is 0.257. The molecule has 0 unspecified atom stereocenters. The number of alkyl halides is 3. The Morgan fingerprint density at radius 1 is 1.37 bits per heavy atom. The SMILES string of the molecule is N#C[C@@H](NC(=O)CC(F)(F)F)c1ccc(Cl)c(Cl)c1. The van der Waals surface area contributed by atoms with Crippen molar-refractivity contribution >= 4 is 29.1 Å². The Hall–Kier alpha value is -1.45. The Kier molecular flexibility index (Phi) is 5.04. The Morgan fingerprint density at radius 3 is 2.47 bits per heavy atom. The van der Waals surface area contributed by atoms with Crippen molar-refractivity contribution in [3.63, 3.8) is 0 Å². The van der Waals surface area contributed by atoms with Gasteiger partial charge in [-0.2, -0.15) is 18.4 Å². The van der Waals surface area contributed by atoms with Gasteiger partial charge < -0.3 is 5.32 Å². The normalized spacial score (nSPS) is 12.6. The van der Waals surface area contributed by atoms with E-state index < -0.39 is 24.5 Å². The minimum absolute atomic E-state index is 0.143. The zero-order valence-corrected chi connectivity index (χ0v) is 10.8. The maximum absolute atomic E-state index is 12.0. The molecule has 0 aliphatic rings. The zero-order chi connectivity index (χ0) is 14.6. The lowest BCUT2D eigenvalue weighted by Crippen LogP contribution is -2.31. The zero-order valence-electron chi connectivity index (χ0n) is 9.26. The molecule has 0 aliphatic heterocycles. The van der Waals surface area contributed by atoms with Crippen LogP contribution in [0.25, 0.3) is 0 Å². The summed E-state index contributed by atoms with van der Waals surface area (Å²) >= 11 is 11.4. The molecule has 0 spiro atoms. The monoisotopic (exact) mass is 310 g/mol. The van der Waals surface area contributed by atoms with Crippen molar-refractivity contribution in [2.45, 2.75) is 18.6 Å². The van der Waals surface area contributed by atoms with Crippen molar-refractivity contribution in [1.82, 2.24) is 5.32 Å². The number of amides is 1. The van der Waals surface area contributed by atoms with E-state index in [1.807, 2.05) is 5.32 Å². The lowest BCUT2D eigenvalue weighted by atomic mass is 10.1. The fourth-order valence-electron chi connectivity index (χ4n) is 1.28. The number of nitrogens with zero attached hydrogens (tertiary/aromatic N) is 1. The standard InChI is InChI=1S/C11H7Cl2F3N2O/c12-7-2-1-6(3-8(7)13)9(5-17)18-10(19)4-11(14,15)16/h1-3,9H,4H2,(H,18,19)/t9-/m1/s1. The van der Waals surface area contributed by atoms with Gasteiger partial charge in [0.2, 0.25) is 5.91 Å². The van der Waals surface area contributed by atoms with Gasteiger partial charge in [0.1, 0.15) is 12.5 Å². The van der Waals surface area contributed by atoms with Crippen LogP contribution >= 0.6 is 23.2 Å². The van der Waals surface area contributed by atoms with E-state index >= 15 is 0 Å². The fourth-order valence-corrected chi connectivity index (χ4v) is 1.58. The summed E-state index contributed by atoms with van der Waals surface area (Å²) in [4.78, 5) is 11.1. The van der Waals surface area contributed by atoms with E-state index in [0.717, 1.165) is 0 Å². The van der Waals surface area contributed by atoms with Gasteiger partial charge in [-0.1, -0.05) is 29.3 Å². The topological polar surface area (TPSA) is 52.9 Å². The van der Waals surface area contributed by atoms with E-state index in [1.165, 1.54) is 18.2 Å². The molecule has 1 N–H and O–H groups in total. The van der Waals surface area contributed by atoms with Crippen LogP contribution in [0.5, 0.6) is 0 Å². The van der Waals surface area contributed by atoms with Crippen LogP contribution in [-0.2, 0) is 4.79 Å². The second kappa shape index (κ2) is 6.13. The highest BCUT2D eigenvalue weighted by Gasteiger charge is 2.32. The third kappa shape index (κ3) is 4.97. The van der Waals surface area contributed by atoms with Crippen molar-refractivity contribution in [3.8, 4) is 6.07 Å². The van der Waals surface area contributed by atoms with Gasteiger partial charge in [0.25, 0.3) is 0 Å². The molecule has 0 saturated carbocycles. The molecule has 19 heavy (non-hydrogen) atoms. The van der Waals surface area contributed by atoms with Crippen molar-refractivity contribution in [1.29, 1.82) is 5.26 Å². The molecule has 0 heterocycles. The summed E-state index contributed by atoms with van der Waals surface area (Å²) in [7, 11) is 0. The molecule has 1 rings (SSSR count). The van der Waals surface area contributed by atoms with Gasteiger partial charge in [-0.05, 0) is 17.7 Å². The van der Waals surface area contributed by atoms with E-state index in [-0.39, 0.29) is 15.6 Å². The van der Waals surface area contributed by atoms with Gasteiger partial charge >= 0.3 is 6.18 Å². The van der Waals surface area contributed by atoms with E-state index in [1.54, 1.807) is 6.07 Å². The van der Waals surface area contributed by atoms with Crippen molar-refractivity contribution in [2.75, 3.05) is 0 Å². The van der Waals surface area contributed by atoms with Crippen LogP contribution in [0, 0.1) is 11.3 Å². The molecule has 0 aromatic heterocycles. The second-order valence-electron chi connectivity index (χ2n) is 3.60. The number of carbonyl (C=O) groups excluding carboxylic acids is 1. The van der Waals surface area contributed by atoms with Crippen molar-refractivity contribution in [3.05, 3.63) is 33.8 Å². The third-order valence-corrected chi connectivity index (χ3v) is 2.81. The summed E-state index contributed by atoms with van der Waals surface area (Å²) in [5, 5.41) is 11.2. The lowest BCUT2D eigenvalue weighted by molar-refractivity contribution is -0.154. The Morgan fingerprint density at radius 2 is 2.00 bits per heavy atom. The van der Waals surface area contributed by atoms with Crippen LogP contribution in [0.2, 0.25) is 10.0 Å². The molecular weight excluding hydrogens is 304 g/mol. The van der Waals surface area contributed by atoms with Crippen LogP contribution in [0.1, 0.15) is 18.0 Å². The maximum Gasteiger partial charge on any atom is 0.397 e. The number of benzene rings is 1. The third-order valence-electron chi connectivity index (χ3n) is 2.07. The quantitative estimate of drug-likeness (QED) is 0.927. The summed E-state index contributed by atoms with van der Waals surface area (Å²) in [5.74, 6) is -1.29. The number of hydrogen-bond donors (Lipinski definition) is 1. The van der Waals surface area contributed by atoms with Gasteiger partial charge in [-0.3, -0.25) is 4.79 Å². The molecule has 102 valence electrons. The van der Waals surface area contributed by atoms with Gasteiger partial charge in [0.05, 0.1) is 16.1 Å². The van der Waals surface area contributed by atoms with E-state index in [0.29, 0.717) is 0 Å². The molecule has 3 nitrogen and oxygen atoms in total. The molecule has 0 radical (unpaired) electrons. The molecule has 0 aliphatic carbocycles. The first-order valence-electron chi connectivity index (χ1n) is 4.93. The molecule has 0 bridgehead atoms. The first kappa shape index (κ1) is 15.6. The Labute approximate surface area is 116 Å². The largest absolute Gasteiger partial charge is 0.397 e. The Bertz CT molecular complexity index is 526. The van der Waals surface area contributed by atoms with Gasteiger partial charge in [0, 0.05) is 0 Å². The highest BCUT2D eigenvalue weighted by molar-refractivity contribution is 6.42. The van der Waals surface area contributed by atoms with Crippen molar-refractivity contribution < 1.29 is 18.0 Å². The smallest absolute Gasteiger partial charge is 0.336 e. The summed E-state index contributed by atoms with van der Waals surface area (Å²) in [6, 6.07) is 4.56. The molecule has 1 amide bonds.